The maximum Gasteiger partial charge on any atom is 0.157 e. The first-order valence-corrected chi connectivity index (χ1v) is 8.13. The van der Waals surface area contributed by atoms with Gasteiger partial charge in [-0.25, -0.2) is 9.97 Å². The van der Waals surface area contributed by atoms with Gasteiger partial charge in [-0.1, -0.05) is 38.3 Å². The molecule has 0 aromatic carbocycles. The molecule has 0 bridgehead atoms. The molecule has 0 spiro atoms. The fraction of sp³-hybridized carbons (Fsp3) is 0.733. The van der Waals surface area contributed by atoms with E-state index in [0.29, 0.717) is 23.2 Å². The standard InChI is InChI=1S/C15H25ClN4O/c1-4-10(5-2)12-8-11(6-7-21-12)20-15-13(17-3)14(16)18-9-19-15/h9-12,17H,4-8H2,1-3H3,(H,18,19,20). The van der Waals surface area contributed by atoms with Crippen LogP contribution in [0.1, 0.15) is 39.5 Å². The summed E-state index contributed by atoms with van der Waals surface area (Å²) in [6.45, 7) is 5.27. The predicted molar refractivity (Wildman–Crippen MR) is 87.0 cm³/mol. The van der Waals surface area contributed by atoms with Gasteiger partial charge in [0.2, 0.25) is 0 Å². The predicted octanol–water partition coefficient (Wildman–Crippen LogP) is 3.57. The molecule has 21 heavy (non-hydrogen) atoms. The quantitative estimate of drug-likeness (QED) is 0.786. The summed E-state index contributed by atoms with van der Waals surface area (Å²) < 4.78 is 5.96. The van der Waals surface area contributed by atoms with Gasteiger partial charge in [0, 0.05) is 19.7 Å². The molecule has 0 radical (unpaired) electrons. The zero-order chi connectivity index (χ0) is 15.2. The van der Waals surface area contributed by atoms with Gasteiger partial charge in [-0.2, -0.15) is 0 Å². The number of anilines is 2. The molecule has 0 amide bonds. The lowest BCUT2D eigenvalue weighted by molar-refractivity contribution is -0.0271. The summed E-state index contributed by atoms with van der Waals surface area (Å²) in [4.78, 5) is 8.31. The molecular weight excluding hydrogens is 288 g/mol. The van der Waals surface area contributed by atoms with Crippen LogP contribution in [0.2, 0.25) is 5.15 Å². The van der Waals surface area contributed by atoms with E-state index in [2.05, 4.69) is 34.4 Å². The molecule has 1 aliphatic rings. The van der Waals surface area contributed by atoms with Gasteiger partial charge in [-0.15, -0.1) is 0 Å². The topological polar surface area (TPSA) is 59.1 Å². The second-order valence-corrected chi connectivity index (χ2v) is 5.85. The first kappa shape index (κ1) is 16.3. The number of hydrogen-bond acceptors (Lipinski definition) is 5. The normalized spacial score (nSPS) is 22.3. The number of aromatic nitrogens is 2. The molecule has 0 aliphatic carbocycles. The Balaban J connectivity index is 2.04. The fourth-order valence-electron chi connectivity index (χ4n) is 2.99. The van der Waals surface area contributed by atoms with E-state index in [9.17, 15) is 0 Å². The molecule has 118 valence electrons. The monoisotopic (exact) mass is 312 g/mol. The Hall–Kier alpha value is -1.07. The second-order valence-electron chi connectivity index (χ2n) is 5.49. The number of nitrogens with one attached hydrogen (secondary N) is 2. The summed E-state index contributed by atoms with van der Waals surface area (Å²) in [7, 11) is 1.83. The van der Waals surface area contributed by atoms with Crippen molar-refractivity contribution in [2.75, 3.05) is 24.3 Å². The number of rotatable bonds is 6. The number of ether oxygens (including phenoxy) is 1. The Kier molecular flexibility index (Phi) is 6.06. The third-order valence-corrected chi connectivity index (χ3v) is 4.57. The molecule has 1 aromatic heterocycles. The lowest BCUT2D eigenvalue weighted by atomic mass is 9.89. The summed E-state index contributed by atoms with van der Waals surface area (Å²) in [6.07, 6.45) is 6.15. The van der Waals surface area contributed by atoms with E-state index in [-0.39, 0.29) is 0 Å². The second kappa shape index (κ2) is 7.80. The number of nitrogens with zero attached hydrogens (tertiary/aromatic N) is 2. The van der Waals surface area contributed by atoms with Gasteiger partial charge in [-0.3, -0.25) is 0 Å². The largest absolute Gasteiger partial charge is 0.383 e. The smallest absolute Gasteiger partial charge is 0.157 e. The number of hydrogen-bond donors (Lipinski definition) is 2. The lowest BCUT2D eigenvalue weighted by Crippen LogP contribution is -2.38. The van der Waals surface area contributed by atoms with E-state index in [1.165, 1.54) is 6.33 Å². The summed E-state index contributed by atoms with van der Waals surface area (Å²) in [5.41, 5.74) is 0.754. The molecule has 2 rings (SSSR count). The van der Waals surface area contributed by atoms with Crippen molar-refractivity contribution in [1.29, 1.82) is 0 Å². The van der Waals surface area contributed by atoms with Gasteiger partial charge < -0.3 is 15.4 Å². The van der Waals surface area contributed by atoms with Gasteiger partial charge >= 0.3 is 0 Å². The van der Waals surface area contributed by atoms with Crippen molar-refractivity contribution in [1.82, 2.24) is 9.97 Å². The number of halogens is 1. The average molecular weight is 313 g/mol. The minimum atomic E-state index is 0.335. The van der Waals surface area contributed by atoms with Crippen LogP contribution in [0.15, 0.2) is 6.33 Å². The SMILES string of the molecule is CCC(CC)C1CC(Nc2ncnc(Cl)c2NC)CCO1. The maximum atomic E-state index is 6.09. The zero-order valence-corrected chi connectivity index (χ0v) is 13.8. The third-order valence-electron chi connectivity index (χ3n) is 4.28. The molecule has 2 unspecified atom stereocenters. The highest BCUT2D eigenvalue weighted by atomic mass is 35.5. The first-order valence-electron chi connectivity index (χ1n) is 7.75. The maximum absolute atomic E-state index is 6.09. The summed E-state index contributed by atoms with van der Waals surface area (Å²) in [5.74, 6) is 1.40. The molecule has 1 aromatic rings. The highest BCUT2D eigenvalue weighted by Crippen LogP contribution is 2.30. The molecule has 1 aliphatic heterocycles. The van der Waals surface area contributed by atoms with Crippen molar-refractivity contribution in [3.63, 3.8) is 0 Å². The molecule has 2 heterocycles. The Bertz CT molecular complexity index is 453. The Morgan fingerprint density at radius 1 is 1.38 bits per heavy atom. The molecule has 0 saturated carbocycles. The summed E-state index contributed by atoms with van der Waals surface area (Å²) in [5, 5.41) is 7.00. The Morgan fingerprint density at radius 3 is 2.81 bits per heavy atom. The van der Waals surface area contributed by atoms with Crippen LogP contribution in [-0.4, -0.2) is 35.8 Å². The van der Waals surface area contributed by atoms with Gasteiger partial charge in [0.25, 0.3) is 0 Å². The molecule has 1 fully saturated rings. The van der Waals surface area contributed by atoms with Crippen molar-refractivity contribution in [3.8, 4) is 0 Å². The van der Waals surface area contributed by atoms with Crippen molar-refractivity contribution < 1.29 is 4.74 Å². The van der Waals surface area contributed by atoms with Crippen LogP contribution in [0.3, 0.4) is 0 Å². The first-order chi connectivity index (χ1) is 10.2. The van der Waals surface area contributed by atoms with Crippen molar-refractivity contribution in [3.05, 3.63) is 11.5 Å². The molecule has 2 atom stereocenters. The highest BCUT2D eigenvalue weighted by Gasteiger charge is 2.28. The van der Waals surface area contributed by atoms with Crippen LogP contribution in [0.5, 0.6) is 0 Å². The molecular formula is C15H25ClN4O. The van der Waals surface area contributed by atoms with Crippen molar-refractivity contribution in [2.24, 2.45) is 5.92 Å². The van der Waals surface area contributed by atoms with Gasteiger partial charge in [-0.05, 0) is 18.8 Å². The van der Waals surface area contributed by atoms with E-state index >= 15 is 0 Å². The highest BCUT2D eigenvalue weighted by molar-refractivity contribution is 6.32. The molecule has 2 N–H and O–H groups in total. The Morgan fingerprint density at radius 2 is 2.14 bits per heavy atom. The lowest BCUT2D eigenvalue weighted by Gasteiger charge is -2.34. The third kappa shape index (κ3) is 3.98. The van der Waals surface area contributed by atoms with E-state index in [4.69, 9.17) is 16.3 Å². The molecule has 5 nitrogen and oxygen atoms in total. The van der Waals surface area contributed by atoms with Gasteiger partial charge in [0.05, 0.1) is 6.10 Å². The molecule has 1 saturated heterocycles. The van der Waals surface area contributed by atoms with Crippen LogP contribution in [0.25, 0.3) is 0 Å². The van der Waals surface area contributed by atoms with Crippen LogP contribution in [0, 0.1) is 5.92 Å². The average Bonchev–Trinajstić information content (AvgIpc) is 2.49. The zero-order valence-electron chi connectivity index (χ0n) is 13.0. The fourth-order valence-corrected chi connectivity index (χ4v) is 3.22. The van der Waals surface area contributed by atoms with Crippen molar-refractivity contribution in [2.45, 2.75) is 51.7 Å². The van der Waals surface area contributed by atoms with E-state index < -0.39 is 0 Å². The van der Waals surface area contributed by atoms with E-state index in [0.717, 1.165) is 43.8 Å². The van der Waals surface area contributed by atoms with Crippen molar-refractivity contribution >= 4 is 23.1 Å². The van der Waals surface area contributed by atoms with Crippen LogP contribution < -0.4 is 10.6 Å². The van der Waals surface area contributed by atoms with E-state index in [1.807, 2.05) is 7.05 Å². The molecule has 6 heteroatoms. The minimum absolute atomic E-state index is 0.335. The van der Waals surface area contributed by atoms with Gasteiger partial charge in [0.1, 0.15) is 12.0 Å². The minimum Gasteiger partial charge on any atom is -0.383 e. The van der Waals surface area contributed by atoms with Crippen LogP contribution >= 0.6 is 11.6 Å². The van der Waals surface area contributed by atoms with Crippen LogP contribution in [-0.2, 0) is 4.74 Å². The summed E-state index contributed by atoms with van der Waals surface area (Å²) >= 11 is 6.09. The Labute approximate surface area is 131 Å². The van der Waals surface area contributed by atoms with Gasteiger partial charge in [0.15, 0.2) is 11.0 Å². The van der Waals surface area contributed by atoms with E-state index in [1.54, 1.807) is 0 Å². The van der Waals surface area contributed by atoms with Crippen LogP contribution in [0.4, 0.5) is 11.5 Å². The summed E-state index contributed by atoms with van der Waals surface area (Å²) in [6, 6.07) is 0.363.